The molecule has 3 aromatic rings. The van der Waals surface area contributed by atoms with Crippen LogP contribution >= 0.6 is 34.8 Å². The van der Waals surface area contributed by atoms with E-state index in [1.807, 2.05) is 6.92 Å². The van der Waals surface area contributed by atoms with Crippen LogP contribution in [0.4, 0.5) is 11.6 Å². The van der Waals surface area contributed by atoms with E-state index in [2.05, 4.69) is 29.9 Å². The van der Waals surface area contributed by atoms with Crippen LogP contribution in [0, 0.1) is 6.92 Å². The van der Waals surface area contributed by atoms with Crippen LogP contribution in [0.5, 0.6) is 0 Å². The molecule has 0 amide bonds. The van der Waals surface area contributed by atoms with Gasteiger partial charge in [-0.05, 0) is 6.92 Å². The molecule has 0 unspecified atom stereocenters. The molecule has 0 aromatic carbocycles. The van der Waals surface area contributed by atoms with E-state index in [1.54, 1.807) is 6.20 Å². The fourth-order valence-corrected chi connectivity index (χ4v) is 1.65. The van der Waals surface area contributed by atoms with Crippen molar-refractivity contribution in [1.29, 1.82) is 0 Å². The van der Waals surface area contributed by atoms with Gasteiger partial charge in [-0.3, -0.25) is 15.0 Å². The lowest BCUT2D eigenvalue weighted by Gasteiger charge is -1.89. The average Bonchev–Trinajstić information content (AvgIpc) is 2.47. The van der Waals surface area contributed by atoms with Crippen molar-refractivity contribution >= 4 is 46.4 Å². The summed E-state index contributed by atoms with van der Waals surface area (Å²) in [5.41, 5.74) is 11.3. The number of hydrogen-bond acceptors (Lipinski definition) is 9. The minimum atomic E-state index is 0. The molecule has 0 spiro atoms. The second-order valence-electron chi connectivity index (χ2n) is 4.02. The zero-order valence-corrected chi connectivity index (χ0v) is 15.4. The predicted octanol–water partition coefficient (Wildman–Crippen LogP) is 3.02. The molecule has 0 saturated carbocycles. The molecule has 0 aliphatic rings. The normalized spacial score (nSPS) is 8.80. The van der Waals surface area contributed by atoms with E-state index in [9.17, 15) is 0 Å². The van der Waals surface area contributed by atoms with Crippen molar-refractivity contribution in [3.05, 3.63) is 58.3 Å². The monoisotopic (exact) mass is 403 g/mol. The van der Waals surface area contributed by atoms with Crippen LogP contribution in [0.15, 0.2) is 37.2 Å². The van der Waals surface area contributed by atoms with Crippen molar-refractivity contribution in [2.75, 3.05) is 11.5 Å². The van der Waals surface area contributed by atoms with E-state index in [0.717, 1.165) is 5.69 Å². The van der Waals surface area contributed by atoms with E-state index in [4.69, 9.17) is 46.3 Å². The fourth-order valence-electron chi connectivity index (χ4n) is 1.16. The molecule has 0 fully saturated rings. The van der Waals surface area contributed by atoms with Crippen molar-refractivity contribution in [3.8, 4) is 0 Å². The SMILES string of the molecule is Cc1cncc(N)n1.Clc1cncc(Cl)n1.N.Nc1cncc(Cl)n1. The molecule has 3 rings (SSSR count). The van der Waals surface area contributed by atoms with Gasteiger partial charge in [-0.25, -0.2) is 15.0 Å². The average molecular weight is 405 g/mol. The Morgan fingerprint density at radius 3 is 1.28 bits per heavy atom. The molecule has 12 heteroatoms. The molecule has 25 heavy (non-hydrogen) atoms. The summed E-state index contributed by atoms with van der Waals surface area (Å²) in [6.07, 6.45) is 8.90. The van der Waals surface area contributed by atoms with Crippen LogP contribution < -0.4 is 17.6 Å². The molecule has 9 nitrogen and oxygen atoms in total. The van der Waals surface area contributed by atoms with Crippen molar-refractivity contribution in [2.45, 2.75) is 6.92 Å². The highest BCUT2D eigenvalue weighted by molar-refractivity contribution is 6.32. The molecule has 0 atom stereocenters. The zero-order valence-electron chi connectivity index (χ0n) is 13.1. The van der Waals surface area contributed by atoms with E-state index in [-0.39, 0.29) is 6.15 Å². The first-order valence-electron chi connectivity index (χ1n) is 6.27. The third-order valence-corrected chi connectivity index (χ3v) is 2.52. The first-order chi connectivity index (χ1) is 11.4. The number of anilines is 2. The number of aryl methyl sites for hydroxylation is 1. The number of nitrogens with two attached hydrogens (primary N) is 2. The maximum atomic E-state index is 5.39. The number of nitrogen functional groups attached to an aromatic ring is 2. The van der Waals surface area contributed by atoms with Gasteiger partial charge < -0.3 is 17.6 Å². The first kappa shape index (κ1) is 22.7. The van der Waals surface area contributed by atoms with Gasteiger partial charge in [0, 0.05) is 6.20 Å². The summed E-state index contributed by atoms with van der Waals surface area (Å²) >= 11 is 16.2. The Balaban J connectivity index is 0.000000339. The summed E-state index contributed by atoms with van der Waals surface area (Å²) in [5.74, 6) is 0.822. The van der Waals surface area contributed by atoms with Crippen molar-refractivity contribution in [2.24, 2.45) is 0 Å². The van der Waals surface area contributed by atoms with Gasteiger partial charge in [0.05, 0.1) is 36.7 Å². The predicted molar refractivity (Wildman–Crippen MR) is 99.7 cm³/mol. The van der Waals surface area contributed by atoms with Crippen LogP contribution in [0.2, 0.25) is 15.5 Å². The summed E-state index contributed by atoms with van der Waals surface area (Å²) in [5, 5.41) is 0.958. The van der Waals surface area contributed by atoms with Gasteiger partial charge >= 0.3 is 0 Å². The number of nitrogens with zero attached hydrogens (tertiary/aromatic N) is 6. The minimum absolute atomic E-state index is 0. The lowest BCUT2D eigenvalue weighted by atomic mass is 10.5. The van der Waals surface area contributed by atoms with E-state index in [0.29, 0.717) is 27.1 Å². The van der Waals surface area contributed by atoms with Gasteiger partial charge in [0.25, 0.3) is 0 Å². The molecule has 134 valence electrons. The topological polar surface area (TPSA) is 164 Å². The Bertz CT molecular complexity index is 618. The molecule has 3 heterocycles. The summed E-state index contributed by atoms with van der Waals surface area (Å²) in [6, 6.07) is 0. The maximum absolute atomic E-state index is 5.39. The minimum Gasteiger partial charge on any atom is -0.382 e. The summed E-state index contributed by atoms with van der Waals surface area (Å²) in [6.45, 7) is 1.85. The Kier molecular flexibility index (Phi) is 11.0. The number of aromatic nitrogens is 6. The van der Waals surface area contributed by atoms with Gasteiger partial charge in [0.1, 0.15) is 27.1 Å². The Labute approximate surface area is 159 Å². The quantitative estimate of drug-likeness (QED) is 0.510. The van der Waals surface area contributed by atoms with Gasteiger partial charge in [-0.2, -0.15) is 0 Å². The largest absolute Gasteiger partial charge is 0.382 e. The number of rotatable bonds is 0. The summed E-state index contributed by atoms with van der Waals surface area (Å²) in [4.78, 5) is 22.3. The Hall–Kier alpha value is -2.33. The van der Waals surface area contributed by atoms with Crippen molar-refractivity contribution < 1.29 is 0 Å². The highest BCUT2D eigenvalue weighted by Crippen LogP contribution is 2.05. The maximum Gasteiger partial charge on any atom is 0.149 e. The summed E-state index contributed by atoms with van der Waals surface area (Å²) < 4.78 is 0. The Morgan fingerprint density at radius 1 is 0.640 bits per heavy atom. The molecule has 0 bridgehead atoms. The molecule has 0 aliphatic carbocycles. The third-order valence-electron chi connectivity index (χ3n) is 1.97. The van der Waals surface area contributed by atoms with Gasteiger partial charge in [0.2, 0.25) is 0 Å². The zero-order chi connectivity index (χ0) is 17.9. The van der Waals surface area contributed by atoms with Crippen LogP contribution in [0.25, 0.3) is 0 Å². The van der Waals surface area contributed by atoms with Crippen LogP contribution in [0.3, 0.4) is 0 Å². The van der Waals surface area contributed by atoms with Crippen LogP contribution in [-0.4, -0.2) is 29.9 Å². The van der Waals surface area contributed by atoms with Crippen molar-refractivity contribution in [1.82, 2.24) is 36.1 Å². The number of hydrogen-bond donors (Lipinski definition) is 3. The fraction of sp³-hybridized carbons (Fsp3) is 0.0769. The summed E-state index contributed by atoms with van der Waals surface area (Å²) in [7, 11) is 0. The molecule has 7 N–H and O–H groups in total. The van der Waals surface area contributed by atoms with Crippen LogP contribution in [-0.2, 0) is 0 Å². The highest BCUT2D eigenvalue weighted by atomic mass is 35.5. The second kappa shape index (κ2) is 12.1. The van der Waals surface area contributed by atoms with Gasteiger partial charge in [0.15, 0.2) is 0 Å². The molecule has 0 radical (unpaired) electrons. The van der Waals surface area contributed by atoms with Crippen LogP contribution in [0.1, 0.15) is 5.69 Å². The lowest BCUT2D eigenvalue weighted by molar-refractivity contribution is 1.13. The molecular formula is C13H16Cl3N9. The lowest BCUT2D eigenvalue weighted by Crippen LogP contribution is -1.91. The van der Waals surface area contributed by atoms with E-state index >= 15 is 0 Å². The standard InChI is InChI=1S/C5H7N3.C4H2Cl2N2.C4H4ClN3.H3N/c1-4-2-7-3-5(6)8-4;2*5-3-1-7-2-4(6)8-3;/h2-3H,1H3,(H2,6,8);1-2H;1-2H,(H2,6,8);1H3. The first-order valence-corrected chi connectivity index (χ1v) is 7.40. The van der Waals surface area contributed by atoms with Crippen molar-refractivity contribution in [3.63, 3.8) is 0 Å². The smallest absolute Gasteiger partial charge is 0.149 e. The van der Waals surface area contributed by atoms with Gasteiger partial charge in [-0.1, -0.05) is 34.8 Å². The molecule has 3 aromatic heterocycles. The Morgan fingerprint density at radius 2 is 1.04 bits per heavy atom. The van der Waals surface area contributed by atoms with Gasteiger partial charge in [-0.15, -0.1) is 0 Å². The number of halogens is 3. The third kappa shape index (κ3) is 11.0. The van der Waals surface area contributed by atoms with E-state index in [1.165, 1.54) is 31.0 Å². The highest BCUT2D eigenvalue weighted by Gasteiger charge is 1.88. The molecular weight excluding hydrogens is 389 g/mol. The second-order valence-corrected chi connectivity index (χ2v) is 5.18. The molecule has 0 saturated heterocycles. The molecule has 0 aliphatic heterocycles. The van der Waals surface area contributed by atoms with E-state index < -0.39 is 0 Å².